The molecule has 1 saturated carbocycles. The van der Waals surface area contributed by atoms with Gasteiger partial charge in [0, 0.05) is 31.5 Å². The zero-order valence-corrected chi connectivity index (χ0v) is 28.9. The number of methoxy groups -OCH3 is 2. The summed E-state index contributed by atoms with van der Waals surface area (Å²) in [5, 5.41) is 12.4. The van der Waals surface area contributed by atoms with Crippen LogP contribution in [0.15, 0.2) is 36.4 Å². The molecule has 0 radical (unpaired) electrons. The monoisotopic (exact) mass is 683 g/mol. The van der Waals surface area contributed by atoms with Crippen molar-refractivity contribution in [3.05, 3.63) is 64.7 Å². The lowest BCUT2D eigenvalue weighted by Crippen LogP contribution is -2.65. The van der Waals surface area contributed by atoms with E-state index in [0.29, 0.717) is 43.7 Å². The summed E-state index contributed by atoms with van der Waals surface area (Å²) in [4.78, 5) is 30.7. The molecule has 49 heavy (non-hydrogen) atoms. The van der Waals surface area contributed by atoms with Crippen molar-refractivity contribution in [2.75, 3.05) is 72.5 Å². The maximum absolute atomic E-state index is 16.1. The highest BCUT2D eigenvalue weighted by atomic mass is 19.1. The lowest BCUT2D eigenvalue weighted by atomic mass is 9.57. The molecule has 12 heteroatoms. The van der Waals surface area contributed by atoms with Crippen molar-refractivity contribution in [2.24, 2.45) is 17.8 Å². The van der Waals surface area contributed by atoms with Crippen LogP contribution >= 0.6 is 0 Å². The fourth-order valence-corrected chi connectivity index (χ4v) is 8.79. The van der Waals surface area contributed by atoms with Crippen LogP contribution in [0.5, 0.6) is 0 Å². The van der Waals surface area contributed by atoms with Crippen LogP contribution in [0.1, 0.15) is 55.2 Å². The van der Waals surface area contributed by atoms with Crippen molar-refractivity contribution < 1.29 is 32.2 Å². The normalized spacial score (nSPS) is 22.2. The molecule has 0 aromatic heterocycles. The molecule has 1 aliphatic carbocycles. The molecule has 0 spiro atoms. The lowest BCUT2D eigenvalue weighted by Gasteiger charge is -2.52. The number of nitrogens with one attached hydrogen (secondary N) is 1. The second kappa shape index (κ2) is 15.4. The minimum atomic E-state index is -1.53. The van der Waals surface area contributed by atoms with E-state index >= 15 is 8.78 Å². The molecule has 0 unspecified atom stereocenters. The van der Waals surface area contributed by atoms with Crippen molar-refractivity contribution in [2.45, 2.75) is 56.2 Å². The van der Waals surface area contributed by atoms with Crippen LogP contribution in [0.3, 0.4) is 0 Å². The van der Waals surface area contributed by atoms with E-state index in [-0.39, 0.29) is 67.7 Å². The molecule has 0 bridgehead atoms. The number of piperidine rings is 1. The van der Waals surface area contributed by atoms with Gasteiger partial charge in [0.25, 0.3) is 0 Å². The second-order valence-corrected chi connectivity index (χ2v) is 14.3. The average Bonchev–Trinajstić information content (AvgIpc) is 3.53. The Labute approximate surface area is 287 Å². The van der Waals surface area contributed by atoms with Crippen molar-refractivity contribution in [3.8, 4) is 6.07 Å². The smallest absolute Gasteiger partial charge is 0.406 e. The molecule has 266 valence electrons. The minimum absolute atomic E-state index is 0.00210. The van der Waals surface area contributed by atoms with E-state index in [1.54, 1.807) is 23.1 Å². The quantitative estimate of drug-likeness (QED) is 0.297. The van der Waals surface area contributed by atoms with E-state index in [1.807, 2.05) is 25.1 Å². The predicted octanol–water partition coefficient (Wildman–Crippen LogP) is 5.41. The molecule has 2 aliphatic heterocycles. The molecular weight excluding hydrogens is 635 g/mol. The summed E-state index contributed by atoms with van der Waals surface area (Å²) in [6.45, 7) is 2.16. The summed E-state index contributed by atoms with van der Waals surface area (Å²) in [5.74, 6) is -1.24. The third kappa shape index (κ3) is 7.99. The van der Waals surface area contributed by atoms with E-state index < -0.39 is 23.0 Å². The van der Waals surface area contributed by atoms with Gasteiger partial charge in [-0.2, -0.15) is 5.26 Å². The standard InChI is InChI=1S/C37H48F3N5O4/c1-43(2)20-27-16-33(32(39)15-26(27)19-41)45-23-36(40,24-45)22-44-13-11-28(12-14-44)37(21-42-35(47)49-4,29-8-6-9-30(38)18-29)31-10-5-7-25(31)17-34(46)48-3/h6,8-9,15-16,18,25,28,31H,5,7,10-14,17,20-24H2,1-4H3,(H,42,47)/t25-,31+,37+/m1/s1. The van der Waals surface area contributed by atoms with E-state index in [4.69, 9.17) is 9.47 Å². The summed E-state index contributed by atoms with van der Waals surface area (Å²) in [5.41, 5.74) is -0.178. The zero-order chi connectivity index (χ0) is 35.3. The van der Waals surface area contributed by atoms with E-state index in [0.717, 1.165) is 24.8 Å². The SMILES string of the molecule is COC(=O)C[C@H]1CCC[C@@H]1[C@](CNC(=O)OC)(c1cccc(F)c1)C1CCN(CC2(F)CN(c3cc(CN(C)C)c(C#N)cc3F)C2)CC1. The number of nitrogens with zero attached hydrogens (tertiary/aromatic N) is 4. The Bertz CT molecular complexity index is 1540. The molecule has 3 fully saturated rings. The number of esters is 1. The molecule has 3 aliphatic rings. The molecule has 3 atom stereocenters. The summed E-state index contributed by atoms with van der Waals surface area (Å²) >= 11 is 0. The number of halogens is 3. The Hall–Kier alpha value is -3.82. The van der Waals surface area contributed by atoms with Crippen molar-refractivity contribution in [1.82, 2.24) is 15.1 Å². The highest BCUT2D eigenvalue weighted by molar-refractivity contribution is 5.69. The summed E-state index contributed by atoms with van der Waals surface area (Å²) in [6.07, 6.45) is 3.56. The number of alkyl halides is 1. The fourth-order valence-electron chi connectivity index (χ4n) is 8.79. The molecule has 5 rings (SSSR count). The number of rotatable bonds is 12. The van der Waals surface area contributed by atoms with Crippen LogP contribution in [0, 0.1) is 40.7 Å². The maximum Gasteiger partial charge on any atom is 0.406 e. The van der Waals surface area contributed by atoms with Crippen LogP contribution in [0.25, 0.3) is 0 Å². The number of alkyl carbamates (subject to hydrolysis) is 1. The molecule has 2 heterocycles. The number of nitriles is 1. The fraction of sp³-hybridized carbons (Fsp3) is 0.595. The van der Waals surface area contributed by atoms with Gasteiger partial charge >= 0.3 is 12.1 Å². The van der Waals surface area contributed by atoms with Gasteiger partial charge in [0.15, 0.2) is 5.67 Å². The van der Waals surface area contributed by atoms with Crippen molar-refractivity contribution in [3.63, 3.8) is 0 Å². The Morgan fingerprint density at radius 1 is 1.08 bits per heavy atom. The first-order chi connectivity index (χ1) is 23.4. The maximum atomic E-state index is 16.1. The Balaban J connectivity index is 1.34. The number of carbonyl (C=O) groups excluding carboxylic acids is 2. The Morgan fingerprint density at radius 3 is 2.45 bits per heavy atom. The van der Waals surface area contributed by atoms with Crippen LogP contribution in [-0.4, -0.2) is 95.1 Å². The van der Waals surface area contributed by atoms with Crippen molar-refractivity contribution >= 4 is 17.7 Å². The van der Waals surface area contributed by atoms with Gasteiger partial charge in [-0.15, -0.1) is 0 Å². The molecule has 2 saturated heterocycles. The van der Waals surface area contributed by atoms with Gasteiger partial charge in [0.1, 0.15) is 11.6 Å². The van der Waals surface area contributed by atoms with Gasteiger partial charge in [0.2, 0.25) is 0 Å². The van der Waals surface area contributed by atoms with Crippen LogP contribution in [0.2, 0.25) is 0 Å². The number of hydrogen-bond donors (Lipinski definition) is 1. The van der Waals surface area contributed by atoms with Crippen LogP contribution in [-0.2, 0) is 26.2 Å². The molecule has 1 N–H and O–H groups in total. The first-order valence-corrected chi connectivity index (χ1v) is 17.1. The number of hydrogen-bond acceptors (Lipinski definition) is 8. The summed E-state index contributed by atoms with van der Waals surface area (Å²) in [6, 6.07) is 11.5. The minimum Gasteiger partial charge on any atom is -0.469 e. The first kappa shape index (κ1) is 36.5. The highest BCUT2D eigenvalue weighted by Crippen LogP contribution is 2.53. The third-order valence-electron chi connectivity index (χ3n) is 10.9. The first-order valence-electron chi connectivity index (χ1n) is 17.1. The second-order valence-electron chi connectivity index (χ2n) is 14.3. The molecule has 1 amide bonds. The van der Waals surface area contributed by atoms with Gasteiger partial charge < -0.3 is 24.6 Å². The predicted molar refractivity (Wildman–Crippen MR) is 180 cm³/mol. The highest BCUT2D eigenvalue weighted by Gasteiger charge is 2.53. The summed E-state index contributed by atoms with van der Waals surface area (Å²) in [7, 11) is 6.43. The van der Waals surface area contributed by atoms with Gasteiger partial charge in [0.05, 0.1) is 44.6 Å². The van der Waals surface area contributed by atoms with E-state index in [9.17, 15) is 19.2 Å². The largest absolute Gasteiger partial charge is 0.469 e. The molecule has 2 aromatic rings. The summed E-state index contributed by atoms with van der Waals surface area (Å²) < 4.78 is 56.0. The van der Waals surface area contributed by atoms with Crippen LogP contribution in [0.4, 0.5) is 23.7 Å². The number of benzene rings is 2. The number of carbonyl (C=O) groups is 2. The van der Waals surface area contributed by atoms with Gasteiger partial charge in [-0.1, -0.05) is 18.6 Å². The molecule has 2 aromatic carbocycles. The Morgan fingerprint density at radius 2 is 1.82 bits per heavy atom. The number of anilines is 1. The number of likely N-dealkylation sites (tertiary alicyclic amines) is 1. The average molecular weight is 684 g/mol. The van der Waals surface area contributed by atoms with Crippen molar-refractivity contribution in [1.29, 1.82) is 5.26 Å². The van der Waals surface area contributed by atoms with Crippen LogP contribution < -0.4 is 10.2 Å². The van der Waals surface area contributed by atoms with Gasteiger partial charge in [-0.25, -0.2) is 18.0 Å². The Kier molecular flexibility index (Phi) is 11.4. The van der Waals surface area contributed by atoms with E-state index in [1.165, 1.54) is 26.4 Å². The molecular formula is C37H48F3N5O4. The lowest BCUT2D eigenvalue weighted by molar-refractivity contribution is -0.142. The topological polar surface area (TPSA) is 98.1 Å². The number of amides is 1. The zero-order valence-electron chi connectivity index (χ0n) is 28.9. The van der Waals surface area contributed by atoms with Gasteiger partial charge in [-0.05, 0) is 106 Å². The number of ether oxygens (including phenoxy) is 2. The third-order valence-corrected chi connectivity index (χ3v) is 10.9. The van der Waals surface area contributed by atoms with E-state index in [2.05, 4.69) is 16.3 Å². The van der Waals surface area contributed by atoms with Gasteiger partial charge in [-0.3, -0.25) is 9.69 Å². The molecule has 9 nitrogen and oxygen atoms in total.